The molecule has 2 fully saturated rings. The summed E-state index contributed by atoms with van der Waals surface area (Å²) in [5.41, 5.74) is 0. The molecule has 2 aliphatic heterocycles. The van der Waals surface area contributed by atoms with Crippen molar-refractivity contribution < 1.29 is 32.6 Å². The highest BCUT2D eigenvalue weighted by molar-refractivity contribution is 7.88. The van der Waals surface area contributed by atoms with Gasteiger partial charge in [-0.15, -0.1) is 0 Å². The molecule has 0 aliphatic carbocycles. The van der Waals surface area contributed by atoms with Crippen molar-refractivity contribution in [2.45, 2.75) is 50.9 Å². The Balaban J connectivity index is 1.85. The van der Waals surface area contributed by atoms with Gasteiger partial charge in [0, 0.05) is 26.1 Å². The molecule has 2 heterocycles. The van der Waals surface area contributed by atoms with Crippen molar-refractivity contribution in [2.75, 3.05) is 39.0 Å². The van der Waals surface area contributed by atoms with Gasteiger partial charge >= 0.3 is 5.97 Å². The molecule has 9 nitrogen and oxygen atoms in total. The van der Waals surface area contributed by atoms with Crippen molar-refractivity contribution in [1.82, 2.24) is 9.21 Å². The smallest absolute Gasteiger partial charge is 0.318 e. The zero-order valence-electron chi connectivity index (χ0n) is 15.3. The lowest BCUT2D eigenvalue weighted by Gasteiger charge is -2.35. The molecule has 0 aromatic heterocycles. The Kier molecular flexibility index (Phi) is 7.39. The molecule has 2 aliphatic rings. The summed E-state index contributed by atoms with van der Waals surface area (Å²) >= 11 is 0. The van der Waals surface area contributed by atoms with Gasteiger partial charge in [0.25, 0.3) is 0 Å². The molecular weight excluding hydrogens is 364 g/mol. The molecular formula is C16H28N2O7S. The third-order valence-electron chi connectivity index (χ3n) is 4.68. The SMILES string of the molecule is C[C@@H]1CC[C@H](CCC(=O)N2CCO[C@@H](CN(CC(=O)O)S(C)(=O)=O)C2)O1. The van der Waals surface area contributed by atoms with Gasteiger partial charge in [-0.2, -0.15) is 4.31 Å². The first-order chi connectivity index (χ1) is 12.1. The van der Waals surface area contributed by atoms with Crippen molar-refractivity contribution in [2.24, 2.45) is 0 Å². The van der Waals surface area contributed by atoms with Crippen LogP contribution in [0.5, 0.6) is 0 Å². The van der Waals surface area contributed by atoms with E-state index in [9.17, 15) is 18.0 Å². The Morgan fingerprint density at radius 1 is 1.27 bits per heavy atom. The topological polar surface area (TPSA) is 113 Å². The van der Waals surface area contributed by atoms with Gasteiger partial charge in [0.1, 0.15) is 6.54 Å². The van der Waals surface area contributed by atoms with E-state index in [-0.39, 0.29) is 31.2 Å². The number of carbonyl (C=O) groups is 2. The van der Waals surface area contributed by atoms with Crippen LogP contribution in [0.15, 0.2) is 0 Å². The molecule has 2 saturated heterocycles. The molecule has 3 atom stereocenters. The highest BCUT2D eigenvalue weighted by Crippen LogP contribution is 2.23. The number of morpholine rings is 1. The average Bonchev–Trinajstić information content (AvgIpc) is 2.96. The molecule has 1 amide bonds. The Morgan fingerprint density at radius 3 is 2.58 bits per heavy atom. The van der Waals surface area contributed by atoms with E-state index < -0.39 is 28.6 Å². The monoisotopic (exact) mass is 392 g/mol. The fourth-order valence-corrected chi connectivity index (χ4v) is 4.07. The fraction of sp³-hybridized carbons (Fsp3) is 0.875. The maximum Gasteiger partial charge on any atom is 0.318 e. The molecule has 0 spiro atoms. The van der Waals surface area contributed by atoms with Crippen LogP contribution >= 0.6 is 0 Å². The first-order valence-corrected chi connectivity index (χ1v) is 10.7. The Bertz CT molecular complexity index is 610. The molecule has 2 rings (SSSR count). The minimum atomic E-state index is -3.67. The standard InChI is InChI=1S/C16H28N2O7S/c1-12-3-4-13(25-12)5-6-15(19)17-7-8-24-14(9-17)10-18(11-16(20)21)26(2,22)23/h12-14H,3-11H2,1-2H3,(H,20,21)/t12-,13-,14-/m1/s1. The van der Waals surface area contributed by atoms with Gasteiger partial charge in [-0.05, 0) is 26.2 Å². The zero-order chi connectivity index (χ0) is 19.3. The zero-order valence-corrected chi connectivity index (χ0v) is 16.1. The molecule has 0 bridgehead atoms. The Labute approximate surface area is 154 Å². The Hall–Kier alpha value is -1.23. The summed E-state index contributed by atoms with van der Waals surface area (Å²) in [6.45, 7) is 2.33. The second-order valence-corrected chi connectivity index (χ2v) is 8.95. The van der Waals surface area contributed by atoms with Crippen LogP contribution in [0.3, 0.4) is 0 Å². The van der Waals surface area contributed by atoms with Gasteiger partial charge in [0.15, 0.2) is 0 Å². The van der Waals surface area contributed by atoms with Crippen molar-refractivity contribution in [1.29, 1.82) is 0 Å². The van der Waals surface area contributed by atoms with Crippen LogP contribution in [0, 0.1) is 0 Å². The molecule has 0 aromatic rings. The maximum absolute atomic E-state index is 12.4. The molecule has 0 saturated carbocycles. The summed E-state index contributed by atoms with van der Waals surface area (Å²) in [5, 5.41) is 8.89. The van der Waals surface area contributed by atoms with E-state index in [1.807, 2.05) is 6.92 Å². The van der Waals surface area contributed by atoms with Crippen LogP contribution in [0.1, 0.15) is 32.6 Å². The summed E-state index contributed by atoms with van der Waals surface area (Å²) in [5.74, 6) is -1.24. The van der Waals surface area contributed by atoms with Crippen LogP contribution in [0.4, 0.5) is 0 Å². The number of nitrogens with zero attached hydrogens (tertiary/aromatic N) is 2. The van der Waals surface area contributed by atoms with Gasteiger partial charge in [0.05, 0.1) is 31.2 Å². The lowest BCUT2D eigenvalue weighted by atomic mass is 10.1. The minimum absolute atomic E-state index is 0.00871. The number of hydrogen-bond donors (Lipinski definition) is 1. The van der Waals surface area contributed by atoms with Crippen molar-refractivity contribution in [3.63, 3.8) is 0 Å². The van der Waals surface area contributed by atoms with Gasteiger partial charge in [-0.25, -0.2) is 8.42 Å². The highest BCUT2D eigenvalue weighted by atomic mass is 32.2. The van der Waals surface area contributed by atoms with Gasteiger partial charge < -0.3 is 19.5 Å². The quantitative estimate of drug-likeness (QED) is 0.614. The van der Waals surface area contributed by atoms with Crippen LogP contribution in [-0.2, 0) is 29.1 Å². The van der Waals surface area contributed by atoms with Gasteiger partial charge in [0.2, 0.25) is 15.9 Å². The van der Waals surface area contributed by atoms with E-state index in [2.05, 4.69) is 0 Å². The van der Waals surface area contributed by atoms with Crippen molar-refractivity contribution >= 4 is 21.9 Å². The lowest BCUT2D eigenvalue weighted by molar-refractivity contribution is -0.141. The number of hydrogen-bond acceptors (Lipinski definition) is 6. The van der Waals surface area contributed by atoms with E-state index in [4.69, 9.17) is 14.6 Å². The molecule has 26 heavy (non-hydrogen) atoms. The van der Waals surface area contributed by atoms with Crippen molar-refractivity contribution in [3.05, 3.63) is 0 Å². The summed E-state index contributed by atoms with van der Waals surface area (Å²) < 4.78 is 35.6. The number of carbonyl (C=O) groups excluding carboxylic acids is 1. The van der Waals surface area contributed by atoms with Crippen LogP contribution in [-0.4, -0.2) is 92.0 Å². The second-order valence-electron chi connectivity index (χ2n) is 6.97. The molecule has 1 N–H and O–H groups in total. The predicted octanol–water partition coefficient (Wildman–Crippen LogP) is -0.0923. The van der Waals surface area contributed by atoms with Crippen molar-refractivity contribution in [3.8, 4) is 0 Å². The number of sulfonamides is 1. The number of ether oxygens (including phenoxy) is 2. The third-order valence-corrected chi connectivity index (χ3v) is 5.90. The summed E-state index contributed by atoms with van der Waals surface area (Å²) in [4.78, 5) is 25.0. The summed E-state index contributed by atoms with van der Waals surface area (Å²) in [6.07, 6.45) is 3.85. The van der Waals surface area contributed by atoms with E-state index in [1.54, 1.807) is 4.90 Å². The first-order valence-electron chi connectivity index (χ1n) is 8.87. The molecule has 150 valence electrons. The molecule has 0 aromatic carbocycles. The number of aliphatic carboxylic acids is 1. The van der Waals surface area contributed by atoms with Crippen LogP contribution in [0.2, 0.25) is 0 Å². The molecule has 0 radical (unpaired) electrons. The largest absolute Gasteiger partial charge is 0.480 e. The summed E-state index contributed by atoms with van der Waals surface area (Å²) in [7, 11) is -3.67. The third kappa shape index (κ3) is 6.49. The first kappa shape index (κ1) is 21.1. The molecule has 0 unspecified atom stereocenters. The van der Waals surface area contributed by atoms with E-state index in [1.165, 1.54) is 0 Å². The van der Waals surface area contributed by atoms with E-state index >= 15 is 0 Å². The number of amides is 1. The van der Waals surface area contributed by atoms with Gasteiger partial charge in [-0.1, -0.05) is 0 Å². The minimum Gasteiger partial charge on any atom is -0.480 e. The number of rotatable bonds is 8. The normalized spacial score (nSPS) is 27.0. The predicted molar refractivity (Wildman–Crippen MR) is 93.2 cm³/mol. The van der Waals surface area contributed by atoms with Crippen LogP contribution < -0.4 is 0 Å². The Morgan fingerprint density at radius 2 is 2.00 bits per heavy atom. The number of carboxylic acids is 1. The highest BCUT2D eigenvalue weighted by Gasteiger charge is 2.30. The van der Waals surface area contributed by atoms with Crippen LogP contribution in [0.25, 0.3) is 0 Å². The maximum atomic E-state index is 12.4. The number of carboxylic acid groups (broad SMARTS) is 1. The second kappa shape index (κ2) is 9.12. The molecule has 10 heteroatoms. The summed E-state index contributed by atoms with van der Waals surface area (Å²) in [6, 6.07) is 0. The lowest BCUT2D eigenvalue weighted by Crippen LogP contribution is -2.51. The van der Waals surface area contributed by atoms with E-state index in [0.717, 1.165) is 23.4 Å². The van der Waals surface area contributed by atoms with Gasteiger partial charge in [-0.3, -0.25) is 9.59 Å². The average molecular weight is 392 g/mol. The fourth-order valence-electron chi connectivity index (χ4n) is 3.29. The van der Waals surface area contributed by atoms with E-state index in [0.29, 0.717) is 26.0 Å².